The van der Waals surface area contributed by atoms with Crippen LogP contribution in [0.3, 0.4) is 0 Å². The fraction of sp³-hybridized carbons (Fsp3) is 0.259. The fourth-order valence-corrected chi connectivity index (χ4v) is 4.50. The molecule has 5 rings (SSSR count). The quantitative estimate of drug-likeness (QED) is 0.487. The molecule has 0 aliphatic carbocycles. The maximum absolute atomic E-state index is 13.3. The lowest BCUT2D eigenvalue weighted by molar-refractivity contribution is 0.0865. The van der Waals surface area contributed by atoms with Gasteiger partial charge in [0.1, 0.15) is 18.2 Å². The molecule has 3 aromatic rings. The summed E-state index contributed by atoms with van der Waals surface area (Å²) in [6, 6.07) is 11.3. The van der Waals surface area contributed by atoms with Crippen molar-refractivity contribution in [3.05, 3.63) is 76.3 Å². The lowest BCUT2D eigenvalue weighted by Gasteiger charge is -2.30. The number of carbonyl (C=O) groups excluding carboxylic acids is 1. The van der Waals surface area contributed by atoms with Crippen molar-refractivity contribution in [1.82, 2.24) is 9.88 Å². The molecule has 0 bridgehead atoms. The Morgan fingerprint density at radius 3 is 2.60 bits per heavy atom. The number of nitrogens with zero attached hydrogens (tertiary/aromatic N) is 2. The maximum atomic E-state index is 13.3. The predicted molar refractivity (Wildman–Crippen MR) is 129 cm³/mol. The molecule has 180 valence electrons. The van der Waals surface area contributed by atoms with Gasteiger partial charge in [0.25, 0.3) is 0 Å². The van der Waals surface area contributed by atoms with Gasteiger partial charge >= 0.3 is 0 Å². The summed E-state index contributed by atoms with van der Waals surface area (Å²) in [7, 11) is 4.63. The third-order valence-corrected chi connectivity index (χ3v) is 6.13. The third kappa shape index (κ3) is 4.06. The summed E-state index contributed by atoms with van der Waals surface area (Å²) in [5.74, 6) is 2.74. The molecule has 1 aromatic heterocycles. The van der Waals surface area contributed by atoms with E-state index in [1.807, 2.05) is 31.2 Å². The number of hydrogen-bond acceptors (Lipinski definition) is 8. The first-order valence-corrected chi connectivity index (χ1v) is 11.2. The first kappa shape index (κ1) is 22.7. The largest absolute Gasteiger partial charge is 0.493 e. The fourth-order valence-electron chi connectivity index (χ4n) is 4.50. The van der Waals surface area contributed by atoms with Crippen LogP contribution in [-0.4, -0.2) is 43.7 Å². The molecule has 0 radical (unpaired) electrons. The van der Waals surface area contributed by atoms with Crippen LogP contribution < -0.4 is 23.7 Å². The van der Waals surface area contributed by atoms with E-state index in [9.17, 15) is 4.79 Å². The number of Topliss-reactive ketones (excluding diaryl/α,β-unsaturated/α-hetero) is 1. The smallest absolute Gasteiger partial charge is 0.231 e. The highest BCUT2D eigenvalue weighted by Crippen LogP contribution is 2.45. The Kier molecular flexibility index (Phi) is 6.05. The molecule has 0 N–H and O–H groups in total. The topological polar surface area (TPSA) is 79.4 Å². The number of carbonyl (C=O) groups is 1. The molecule has 3 heterocycles. The molecular weight excluding hydrogens is 448 g/mol. The van der Waals surface area contributed by atoms with E-state index >= 15 is 0 Å². The van der Waals surface area contributed by atoms with Crippen molar-refractivity contribution in [3.63, 3.8) is 0 Å². The summed E-state index contributed by atoms with van der Waals surface area (Å²) < 4.78 is 28.5. The van der Waals surface area contributed by atoms with Gasteiger partial charge < -0.3 is 23.7 Å². The monoisotopic (exact) mass is 474 g/mol. The van der Waals surface area contributed by atoms with Crippen LogP contribution in [0, 0.1) is 6.92 Å². The number of fused-ring (bicyclic) bond motifs is 2. The number of ketones is 1. The second-order valence-corrected chi connectivity index (χ2v) is 8.31. The van der Waals surface area contributed by atoms with E-state index in [4.69, 9.17) is 23.7 Å². The number of hydrogen-bond donors (Lipinski definition) is 0. The van der Waals surface area contributed by atoms with Crippen LogP contribution in [0.1, 0.15) is 32.7 Å². The van der Waals surface area contributed by atoms with Crippen molar-refractivity contribution in [2.75, 3.05) is 28.1 Å². The summed E-state index contributed by atoms with van der Waals surface area (Å²) in [6.45, 7) is 3.66. The molecule has 0 unspecified atom stereocenters. The van der Waals surface area contributed by atoms with Gasteiger partial charge in [0.2, 0.25) is 11.5 Å². The SMILES string of the molecule is COc1ccc(/C=C2\Oc3c(cc4c(c3C)OCN(Cc3ccccn3)C4)C2=O)c(OC)c1OC. The highest BCUT2D eigenvalue weighted by Gasteiger charge is 2.34. The maximum Gasteiger partial charge on any atom is 0.231 e. The van der Waals surface area contributed by atoms with E-state index in [0.29, 0.717) is 53.9 Å². The minimum atomic E-state index is -0.190. The second kappa shape index (κ2) is 9.31. The Balaban J connectivity index is 1.46. The molecule has 8 nitrogen and oxygen atoms in total. The van der Waals surface area contributed by atoms with E-state index in [0.717, 1.165) is 22.6 Å². The molecule has 2 aliphatic heterocycles. The zero-order valence-corrected chi connectivity index (χ0v) is 20.1. The van der Waals surface area contributed by atoms with Crippen LogP contribution >= 0.6 is 0 Å². The Bertz CT molecular complexity index is 1320. The van der Waals surface area contributed by atoms with E-state index in [1.165, 1.54) is 14.2 Å². The number of pyridine rings is 1. The first-order chi connectivity index (χ1) is 17.0. The van der Waals surface area contributed by atoms with Gasteiger partial charge in [-0.3, -0.25) is 14.7 Å². The van der Waals surface area contributed by atoms with Crippen LogP contribution in [0.4, 0.5) is 0 Å². The molecule has 0 saturated heterocycles. The number of benzene rings is 2. The standard InChI is InChI=1S/C27H26N2O6/c1-16-24-18(13-29(15-34-24)14-19-7-5-6-10-28-19)11-20-23(30)22(35-25(16)20)12-17-8-9-21(31-2)27(33-4)26(17)32-3/h5-12H,13-15H2,1-4H3/b22-12-. The van der Waals surface area contributed by atoms with E-state index in [1.54, 1.807) is 31.5 Å². The number of allylic oxidation sites excluding steroid dienone is 1. The molecular formula is C27H26N2O6. The van der Waals surface area contributed by atoms with Crippen molar-refractivity contribution in [2.24, 2.45) is 0 Å². The lowest BCUT2D eigenvalue weighted by Crippen LogP contribution is -2.32. The third-order valence-electron chi connectivity index (χ3n) is 6.13. The summed E-state index contributed by atoms with van der Waals surface area (Å²) in [5.41, 5.74) is 3.89. The zero-order chi connectivity index (χ0) is 24.5. The van der Waals surface area contributed by atoms with Gasteiger partial charge in [-0.1, -0.05) is 6.07 Å². The van der Waals surface area contributed by atoms with Crippen LogP contribution in [0.2, 0.25) is 0 Å². The van der Waals surface area contributed by atoms with Gasteiger partial charge in [-0.15, -0.1) is 0 Å². The van der Waals surface area contributed by atoms with Crippen molar-refractivity contribution < 1.29 is 28.5 Å². The molecule has 0 atom stereocenters. The number of rotatable bonds is 6. The molecule has 0 amide bonds. The van der Waals surface area contributed by atoms with Gasteiger partial charge in [0.05, 0.1) is 32.6 Å². The summed E-state index contributed by atoms with van der Waals surface area (Å²) in [4.78, 5) is 19.9. The average Bonchev–Trinajstić information content (AvgIpc) is 3.19. The summed E-state index contributed by atoms with van der Waals surface area (Å²) in [5, 5.41) is 0. The van der Waals surface area contributed by atoms with Crippen LogP contribution in [0.5, 0.6) is 28.7 Å². The molecule has 2 aliphatic rings. The van der Waals surface area contributed by atoms with Gasteiger partial charge in [0, 0.05) is 36.0 Å². The van der Waals surface area contributed by atoms with Crippen LogP contribution in [0.25, 0.3) is 6.08 Å². The predicted octanol–water partition coefficient (Wildman–Crippen LogP) is 4.38. The Labute approximate surface area is 203 Å². The van der Waals surface area contributed by atoms with Gasteiger partial charge in [-0.05, 0) is 43.3 Å². The Morgan fingerprint density at radius 1 is 1.06 bits per heavy atom. The Hall–Kier alpha value is -4.04. The number of aromatic nitrogens is 1. The first-order valence-electron chi connectivity index (χ1n) is 11.2. The molecule has 35 heavy (non-hydrogen) atoms. The summed E-state index contributed by atoms with van der Waals surface area (Å²) in [6.07, 6.45) is 3.44. The van der Waals surface area contributed by atoms with E-state index in [-0.39, 0.29) is 11.5 Å². The van der Waals surface area contributed by atoms with Crippen molar-refractivity contribution >= 4 is 11.9 Å². The normalized spacial score (nSPS) is 15.8. The molecule has 0 spiro atoms. The van der Waals surface area contributed by atoms with Gasteiger partial charge in [-0.2, -0.15) is 0 Å². The zero-order valence-electron chi connectivity index (χ0n) is 20.1. The minimum absolute atomic E-state index is 0.190. The van der Waals surface area contributed by atoms with Crippen LogP contribution in [0.15, 0.2) is 48.4 Å². The number of methoxy groups -OCH3 is 3. The highest BCUT2D eigenvalue weighted by molar-refractivity contribution is 6.15. The molecule has 2 aromatic carbocycles. The molecule has 0 fully saturated rings. The highest BCUT2D eigenvalue weighted by atomic mass is 16.5. The van der Waals surface area contributed by atoms with Crippen molar-refractivity contribution in [2.45, 2.75) is 20.0 Å². The Morgan fingerprint density at radius 2 is 1.89 bits per heavy atom. The second-order valence-electron chi connectivity index (χ2n) is 8.31. The van der Waals surface area contributed by atoms with Gasteiger partial charge in [0.15, 0.2) is 17.3 Å². The number of ether oxygens (including phenoxy) is 5. The van der Waals surface area contributed by atoms with E-state index in [2.05, 4.69) is 9.88 Å². The van der Waals surface area contributed by atoms with Gasteiger partial charge in [-0.25, -0.2) is 0 Å². The molecule has 0 saturated carbocycles. The van der Waals surface area contributed by atoms with Crippen molar-refractivity contribution in [3.8, 4) is 28.7 Å². The minimum Gasteiger partial charge on any atom is -0.493 e. The van der Waals surface area contributed by atoms with Crippen molar-refractivity contribution in [1.29, 1.82) is 0 Å². The van der Waals surface area contributed by atoms with Crippen LogP contribution in [-0.2, 0) is 13.1 Å². The average molecular weight is 475 g/mol. The summed E-state index contributed by atoms with van der Waals surface area (Å²) >= 11 is 0. The molecule has 8 heteroatoms. The lowest BCUT2D eigenvalue weighted by atomic mass is 10.00. The van der Waals surface area contributed by atoms with E-state index < -0.39 is 0 Å².